The number of carbonyl (C=O) groups excluding carboxylic acids is 1. The number of fused-ring (bicyclic) bond motifs is 3. The van der Waals surface area contributed by atoms with Crippen LogP contribution in [0.1, 0.15) is 27.2 Å². The van der Waals surface area contributed by atoms with Crippen molar-refractivity contribution in [3.05, 3.63) is 46.3 Å². The summed E-state index contributed by atoms with van der Waals surface area (Å²) >= 11 is 1.53. The molecular weight excluding hydrogens is 382 g/mol. The third kappa shape index (κ3) is 3.68. The van der Waals surface area contributed by atoms with Crippen LogP contribution in [0.15, 0.2) is 30.3 Å². The van der Waals surface area contributed by atoms with Crippen molar-refractivity contribution in [1.29, 1.82) is 0 Å². The molecule has 2 aromatic rings. The molecule has 0 bridgehead atoms. The van der Waals surface area contributed by atoms with E-state index in [4.69, 9.17) is 4.74 Å². The van der Waals surface area contributed by atoms with Gasteiger partial charge in [-0.2, -0.15) is 0 Å². The van der Waals surface area contributed by atoms with E-state index >= 15 is 0 Å². The maximum atomic E-state index is 13.3. The molecule has 2 aliphatic rings. The summed E-state index contributed by atoms with van der Waals surface area (Å²) in [6.45, 7) is 0.810. The summed E-state index contributed by atoms with van der Waals surface area (Å²) in [5.74, 6) is 0.130. The molecule has 4 rings (SSSR count). The molecule has 144 valence electrons. The maximum absolute atomic E-state index is 13.3. The summed E-state index contributed by atoms with van der Waals surface area (Å²) in [5, 5.41) is 0. The van der Waals surface area contributed by atoms with Gasteiger partial charge in [-0.15, -0.1) is 11.3 Å². The summed E-state index contributed by atoms with van der Waals surface area (Å²) in [6.07, 6.45) is 2.43. The third-order valence-electron chi connectivity index (χ3n) is 5.39. The molecule has 1 aliphatic carbocycles. The SMILES string of the molecule is COCCN(C(=O)c1cc2c(s1)-c1ccccc1CC2)C1CCS(=O)(=O)C1. The Balaban J connectivity index is 1.64. The lowest BCUT2D eigenvalue weighted by Crippen LogP contribution is -2.42. The largest absolute Gasteiger partial charge is 0.383 e. The van der Waals surface area contributed by atoms with Gasteiger partial charge < -0.3 is 9.64 Å². The van der Waals surface area contributed by atoms with Crippen LogP contribution >= 0.6 is 11.3 Å². The fraction of sp³-hybridized carbons (Fsp3) is 0.450. The van der Waals surface area contributed by atoms with E-state index in [0.29, 0.717) is 24.4 Å². The van der Waals surface area contributed by atoms with Gasteiger partial charge in [-0.1, -0.05) is 24.3 Å². The summed E-state index contributed by atoms with van der Waals surface area (Å²) in [7, 11) is -1.46. The topological polar surface area (TPSA) is 63.7 Å². The summed E-state index contributed by atoms with van der Waals surface area (Å²) in [6, 6.07) is 10.1. The third-order valence-corrected chi connectivity index (χ3v) is 8.34. The van der Waals surface area contributed by atoms with Gasteiger partial charge in [0, 0.05) is 24.6 Å². The second kappa shape index (κ2) is 7.37. The number of methoxy groups -OCH3 is 1. The first-order valence-corrected chi connectivity index (χ1v) is 11.8. The Hall–Kier alpha value is -1.70. The Morgan fingerprint density at radius 3 is 2.78 bits per heavy atom. The van der Waals surface area contributed by atoms with Gasteiger partial charge in [0.2, 0.25) is 0 Å². The van der Waals surface area contributed by atoms with Gasteiger partial charge in [0.25, 0.3) is 5.91 Å². The van der Waals surface area contributed by atoms with E-state index < -0.39 is 9.84 Å². The zero-order chi connectivity index (χ0) is 19.0. The highest BCUT2D eigenvalue weighted by atomic mass is 32.2. The van der Waals surface area contributed by atoms with Crippen molar-refractivity contribution >= 4 is 27.1 Å². The van der Waals surface area contributed by atoms with E-state index in [1.807, 2.05) is 12.1 Å². The summed E-state index contributed by atoms with van der Waals surface area (Å²) in [4.78, 5) is 16.8. The Kier molecular flexibility index (Phi) is 5.09. The van der Waals surface area contributed by atoms with Gasteiger partial charge in [0.1, 0.15) is 0 Å². The molecule has 1 aromatic carbocycles. The van der Waals surface area contributed by atoms with Crippen molar-refractivity contribution in [2.45, 2.75) is 25.3 Å². The molecule has 0 radical (unpaired) electrons. The Morgan fingerprint density at radius 1 is 1.26 bits per heavy atom. The molecule has 1 saturated heterocycles. The van der Waals surface area contributed by atoms with Crippen LogP contribution in [0.4, 0.5) is 0 Å². The first-order chi connectivity index (χ1) is 13.0. The number of sulfone groups is 1. The lowest BCUT2D eigenvalue weighted by atomic mass is 9.91. The van der Waals surface area contributed by atoms with Crippen molar-refractivity contribution in [2.24, 2.45) is 0 Å². The van der Waals surface area contributed by atoms with E-state index in [9.17, 15) is 13.2 Å². The highest BCUT2D eigenvalue weighted by molar-refractivity contribution is 7.91. The van der Waals surface area contributed by atoms with Crippen LogP contribution in [-0.2, 0) is 27.4 Å². The molecule has 1 aliphatic heterocycles. The molecule has 7 heteroatoms. The van der Waals surface area contributed by atoms with E-state index in [2.05, 4.69) is 18.2 Å². The molecule has 5 nitrogen and oxygen atoms in total. The van der Waals surface area contributed by atoms with Gasteiger partial charge in [-0.25, -0.2) is 8.42 Å². The predicted molar refractivity (Wildman–Crippen MR) is 107 cm³/mol. The van der Waals surface area contributed by atoms with Crippen LogP contribution < -0.4 is 0 Å². The van der Waals surface area contributed by atoms with Crippen LogP contribution in [0.3, 0.4) is 0 Å². The van der Waals surface area contributed by atoms with E-state index in [0.717, 1.165) is 12.8 Å². The Bertz CT molecular complexity index is 964. The van der Waals surface area contributed by atoms with Crippen LogP contribution in [0.5, 0.6) is 0 Å². The highest BCUT2D eigenvalue weighted by Gasteiger charge is 2.35. The molecular formula is C20H23NO4S2. The molecule has 1 fully saturated rings. The Morgan fingerprint density at radius 2 is 2.04 bits per heavy atom. The number of ether oxygens (including phenoxy) is 1. The van der Waals surface area contributed by atoms with Crippen molar-refractivity contribution in [1.82, 2.24) is 4.90 Å². The van der Waals surface area contributed by atoms with Gasteiger partial charge in [-0.3, -0.25) is 4.79 Å². The molecule has 0 saturated carbocycles. The number of hydrogen-bond acceptors (Lipinski definition) is 5. The summed E-state index contributed by atoms with van der Waals surface area (Å²) in [5.41, 5.74) is 3.76. The fourth-order valence-corrected chi connectivity index (χ4v) is 6.94. The van der Waals surface area contributed by atoms with Gasteiger partial charge in [-0.05, 0) is 42.0 Å². The van der Waals surface area contributed by atoms with Crippen molar-refractivity contribution in [2.75, 3.05) is 31.8 Å². The molecule has 0 spiro atoms. The Labute approximate surface area is 163 Å². The number of rotatable bonds is 5. The molecule has 1 unspecified atom stereocenters. The normalized spacial score (nSPS) is 20.1. The molecule has 1 amide bonds. The van der Waals surface area contributed by atoms with E-state index in [1.165, 1.54) is 32.9 Å². The number of hydrogen-bond donors (Lipinski definition) is 0. The van der Waals surface area contributed by atoms with Crippen LogP contribution in [0.2, 0.25) is 0 Å². The highest BCUT2D eigenvalue weighted by Crippen LogP contribution is 2.40. The van der Waals surface area contributed by atoms with Crippen LogP contribution in [0, 0.1) is 0 Å². The second-order valence-electron chi connectivity index (χ2n) is 7.17. The molecule has 1 atom stereocenters. The van der Waals surface area contributed by atoms with E-state index in [-0.39, 0.29) is 23.5 Å². The quantitative estimate of drug-likeness (QED) is 0.767. The zero-order valence-corrected chi connectivity index (χ0v) is 16.9. The molecule has 0 N–H and O–H groups in total. The van der Waals surface area contributed by atoms with Crippen molar-refractivity contribution in [3.8, 4) is 10.4 Å². The maximum Gasteiger partial charge on any atom is 0.264 e. The smallest absolute Gasteiger partial charge is 0.264 e. The number of carbonyl (C=O) groups is 1. The zero-order valence-electron chi connectivity index (χ0n) is 15.3. The number of benzene rings is 1. The fourth-order valence-electron chi connectivity index (χ4n) is 3.98. The van der Waals surface area contributed by atoms with Gasteiger partial charge >= 0.3 is 0 Å². The predicted octanol–water partition coefficient (Wildman–Crippen LogP) is 2.79. The van der Waals surface area contributed by atoms with Crippen molar-refractivity contribution in [3.63, 3.8) is 0 Å². The molecule has 1 aromatic heterocycles. The average Bonchev–Trinajstić information content (AvgIpc) is 3.25. The molecule has 2 heterocycles. The number of amides is 1. The number of aryl methyl sites for hydroxylation is 2. The second-order valence-corrected chi connectivity index (χ2v) is 10.5. The lowest BCUT2D eigenvalue weighted by molar-refractivity contribution is 0.0629. The minimum Gasteiger partial charge on any atom is -0.383 e. The van der Waals surface area contributed by atoms with Gasteiger partial charge in [0.05, 0.1) is 23.0 Å². The van der Waals surface area contributed by atoms with Gasteiger partial charge in [0.15, 0.2) is 9.84 Å². The van der Waals surface area contributed by atoms with E-state index in [1.54, 1.807) is 12.0 Å². The minimum absolute atomic E-state index is 0.0520. The van der Waals surface area contributed by atoms with Crippen LogP contribution in [-0.4, -0.2) is 57.0 Å². The number of nitrogens with zero attached hydrogens (tertiary/aromatic N) is 1. The average molecular weight is 406 g/mol. The van der Waals surface area contributed by atoms with Crippen molar-refractivity contribution < 1.29 is 17.9 Å². The lowest BCUT2D eigenvalue weighted by Gasteiger charge is -2.27. The first kappa shape index (κ1) is 18.7. The minimum atomic E-state index is -3.05. The van der Waals surface area contributed by atoms with Crippen LogP contribution in [0.25, 0.3) is 10.4 Å². The first-order valence-electron chi connectivity index (χ1n) is 9.20. The number of thiophene rings is 1. The molecule has 27 heavy (non-hydrogen) atoms. The monoisotopic (exact) mass is 405 g/mol. The standard InChI is InChI=1S/C20H23NO4S2/c1-25-10-9-21(16-8-11-27(23,24)13-16)20(22)18-12-15-7-6-14-4-2-3-5-17(14)19(15)26-18/h2-5,12,16H,6-11,13H2,1H3. The summed E-state index contributed by atoms with van der Waals surface area (Å²) < 4.78 is 29.0.